The van der Waals surface area contributed by atoms with E-state index in [1.54, 1.807) is 23.3 Å². The van der Waals surface area contributed by atoms with E-state index in [4.69, 9.17) is 4.74 Å². The predicted octanol–water partition coefficient (Wildman–Crippen LogP) is 2.61. The summed E-state index contributed by atoms with van der Waals surface area (Å²) in [6.45, 7) is 2.94. The molecule has 0 bridgehead atoms. The quantitative estimate of drug-likeness (QED) is 0.751. The summed E-state index contributed by atoms with van der Waals surface area (Å²) in [4.78, 5) is 12.0. The summed E-state index contributed by atoms with van der Waals surface area (Å²) >= 11 is 0. The Morgan fingerprint density at radius 1 is 1.04 bits per heavy atom. The summed E-state index contributed by atoms with van der Waals surface area (Å²) in [7, 11) is 5.31. The van der Waals surface area contributed by atoms with E-state index >= 15 is 0 Å². The topological polar surface area (TPSA) is 48.2 Å². The van der Waals surface area contributed by atoms with Crippen molar-refractivity contribution < 1.29 is 4.74 Å². The van der Waals surface area contributed by atoms with E-state index in [0.717, 1.165) is 29.7 Å². The van der Waals surface area contributed by atoms with Crippen LogP contribution in [0.25, 0.3) is 11.0 Å². The highest BCUT2D eigenvalue weighted by Gasteiger charge is 2.09. The van der Waals surface area contributed by atoms with Gasteiger partial charge in [-0.1, -0.05) is 18.2 Å². The van der Waals surface area contributed by atoms with Gasteiger partial charge in [-0.15, -0.1) is 0 Å². The van der Waals surface area contributed by atoms with Gasteiger partial charge in [-0.05, 0) is 48.7 Å². The van der Waals surface area contributed by atoms with E-state index < -0.39 is 0 Å². The molecular weight excluding hydrogens is 314 g/mol. The Labute approximate surface area is 147 Å². The van der Waals surface area contributed by atoms with Crippen LogP contribution in [0.1, 0.15) is 18.1 Å². The third kappa shape index (κ3) is 3.61. The lowest BCUT2D eigenvalue weighted by atomic mass is 10.1. The minimum atomic E-state index is 0.00602. The number of imidazole rings is 1. The van der Waals surface area contributed by atoms with Gasteiger partial charge in [0, 0.05) is 26.7 Å². The zero-order chi connectivity index (χ0) is 18.0. The van der Waals surface area contributed by atoms with Crippen molar-refractivity contribution in [3.8, 4) is 5.75 Å². The van der Waals surface area contributed by atoms with Crippen molar-refractivity contribution in [1.82, 2.24) is 14.5 Å². The number of hydrogen-bond donors (Lipinski definition) is 1. The summed E-state index contributed by atoms with van der Waals surface area (Å²) in [5, 5.41) is 3.56. The number of rotatable bonds is 6. The summed E-state index contributed by atoms with van der Waals surface area (Å²) in [5.41, 5.74) is 4.35. The second-order valence-corrected chi connectivity index (χ2v) is 6.56. The van der Waals surface area contributed by atoms with Crippen LogP contribution in [0.4, 0.5) is 0 Å². The Morgan fingerprint density at radius 3 is 2.56 bits per heavy atom. The molecule has 0 aliphatic heterocycles. The number of nitrogens with zero attached hydrogens (tertiary/aromatic N) is 2. The Morgan fingerprint density at radius 2 is 1.80 bits per heavy atom. The molecule has 0 amide bonds. The molecule has 0 fully saturated rings. The fourth-order valence-electron chi connectivity index (χ4n) is 3.18. The number of benzene rings is 2. The van der Waals surface area contributed by atoms with E-state index in [2.05, 4.69) is 36.5 Å². The molecule has 0 aliphatic rings. The van der Waals surface area contributed by atoms with Gasteiger partial charge in [0.1, 0.15) is 5.75 Å². The average molecular weight is 339 g/mol. The van der Waals surface area contributed by atoms with E-state index in [1.807, 2.05) is 25.2 Å². The molecule has 1 aromatic heterocycles. The second-order valence-electron chi connectivity index (χ2n) is 6.56. The van der Waals surface area contributed by atoms with Crippen LogP contribution in [0.5, 0.6) is 5.75 Å². The highest BCUT2D eigenvalue weighted by Crippen LogP contribution is 2.16. The molecular formula is C20H25N3O2. The molecule has 0 saturated heterocycles. The van der Waals surface area contributed by atoms with Crippen molar-refractivity contribution in [2.75, 3.05) is 7.11 Å². The van der Waals surface area contributed by atoms with Gasteiger partial charge in [0.15, 0.2) is 0 Å². The van der Waals surface area contributed by atoms with Gasteiger partial charge < -0.3 is 10.1 Å². The van der Waals surface area contributed by atoms with Gasteiger partial charge in [-0.3, -0.25) is 9.13 Å². The van der Waals surface area contributed by atoms with E-state index in [0.29, 0.717) is 6.04 Å². The summed E-state index contributed by atoms with van der Waals surface area (Å²) in [6, 6.07) is 14.7. The first-order valence-electron chi connectivity index (χ1n) is 8.50. The van der Waals surface area contributed by atoms with Gasteiger partial charge in [0.25, 0.3) is 0 Å². The normalized spacial score (nSPS) is 12.5. The molecule has 1 heterocycles. The number of ether oxygens (including phenoxy) is 1. The SMILES string of the molecule is COc1cccc(C[C@H](C)NCc2ccc3c(c2)n(C)c(=O)n3C)c1. The first-order chi connectivity index (χ1) is 12.0. The minimum Gasteiger partial charge on any atom is -0.497 e. The fourth-order valence-corrected chi connectivity index (χ4v) is 3.18. The maximum Gasteiger partial charge on any atom is 0.328 e. The molecule has 0 unspecified atom stereocenters. The number of hydrogen-bond acceptors (Lipinski definition) is 3. The Balaban J connectivity index is 1.67. The summed E-state index contributed by atoms with van der Waals surface area (Å²) in [6.07, 6.45) is 0.934. The highest BCUT2D eigenvalue weighted by molar-refractivity contribution is 5.76. The Kier molecular flexibility index (Phi) is 4.95. The van der Waals surface area contributed by atoms with Crippen LogP contribution in [0.3, 0.4) is 0 Å². The molecule has 3 aromatic rings. The van der Waals surface area contributed by atoms with Crippen LogP contribution in [-0.4, -0.2) is 22.3 Å². The van der Waals surface area contributed by atoms with Crippen molar-refractivity contribution in [1.29, 1.82) is 0 Å². The first-order valence-corrected chi connectivity index (χ1v) is 8.50. The molecule has 5 nitrogen and oxygen atoms in total. The van der Waals surface area contributed by atoms with Crippen LogP contribution < -0.4 is 15.7 Å². The van der Waals surface area contributed by atoms with Crippen LogP contribution >= 0.6 is 0 Å². The molecule has 0 saturated carbocycles. The van der Waals surface area contributed by atoms with Crippen molar-refractivity contribution in [3.05, 3.63) is 64.1 Å². The molecule has 0 aliphatic carbocycles. The van der Waals surface area contributed by atoms with Gasteiger partial charge in [0.2, 0.25) is 0 Å². The third-order valence-corrected chi connectivity index (χ3v) is 4.67. The number of nitrogens with one attached hydrogen (secondary N) is 1. The van der Waals surface area contributed by atoms with E-state index in [9.17, 15) is 4.79 Å². The Hall–Kier alpha value is -2.53. The largest absolute Gasteiger partial charge is 0.497 e. The number of fused-ring (bicyclic) bond motifs is 1. The standard InChI is InChI=1S/C20H25N3O2/c1-14(10-15-6-5-7-17(11-15)25-4)21-13-16-8-9-18-19(12-16)23(3)20(24)22(18)2/h5-9,11-12,14,21H,10,13H2,1-4H3/t14-/m0/s1. The van der Waals surface area contributed by atoms with E-state index in [1.165, 1.54) is 11.1 Å². The third-order valence-electron chi connectivity index (χ3n) is 4.67. The molecule has 0 spiro atoms. The van der Waals surface area contributed by atoms with Crippen LogP contribution in [-0.2, 0) is 27.1 Å². The molecule has 5 heteroatoms. The molecule has 1 N–H and O–H groups in total. The second kappa shape index (κ2) is 7.15. The number of aromatic nitrogens is 2. The van der Waals surface area contributed by atoms with Crippen LogP contribution in [0, 0.1) is 0 Å². The van der Waals surface area contributed by atoms with Crippen molar-refractivity contribution in [2.24, 2.45) is 14.1 Å². The van der Waals surface area contributed by atoms with Gasteiger partial charge in [-0.25, -0.2) is 4.79 Å². The van der Waals surface area contributed by atoms with Crippen molar-refractivity contribution >= 4 is 11.0 Å². The summed E-state index contributed by atoms with van der Waals surface area (Å²) in [5.74, 6) is 0.889. The lowest BCUT2D eigenvalue weighted by Crippen LogP contribution is -2.27. The lowest BCUT2D eigenvalue weighted by Gasteiger charge is -2.15. The molecule has 2 aromatic carbocycles. The zero-order valence-electron chi connectivity index (χ0n) is 15.2. The monoisotopic (exact) mass is 339 g/mol. The molecule has 132 valence electrons. The smallest absolute Gasteiger partial charge is 0.328 e. The lowest BCUT2D eigenvalue weighted by molar-refractivity contribution is 0.414. The highest BCUT2D eigenvalue weighted by atomic mass is 16.5. The molecule has 1 atom stereocenters. The maximum absolute atomic E-state index is 12.0. The van der Waals surface area contributed by atoms with Crippen LogP contribution in [0.15, 0.2) is 47.3 Å². The van der Waals surface area contributed by atoms with Crippen molar-refractivity contribution in [3.63, 3.8) is 0 Å². The number of aryl methyl sites for hydroxylation is 2. The number of methoxy groups -OCH3 is 1. The van der Waals surface area contributed by atoms with Gasteiger partial charge in [0.05, 0.1) is 18.1 Å². The minimum absolute atomic E-state index is 0.00602. The maximum atomic E-state index is 12.0. The zero-order valence-corrected chi connectivity index (χ0v) is 15.2. The molecule has 3 rings (SSSR count). The molecule has 25 heavy (non-hydrogen) atoms. The van der Waals surface area contributed by atoms with Crippen LogP contribution in [0.2, 0.25) is 0 Å². The molecule has 0 radical (unpaired) electrons. The van der Waals surface area contributed by atoms with E-state index in [-0.39, 0.29) is 5.69 Å². The fraction of sp³-hybridized carbons (Fsp3) is 0.350. The van der Waals surface area contributed by atoms with Gasteiger partial charge >= 0.3 is 5.69 Å². The van der Waals surface area contributed by atoms with Crippen molar-refractivity contribution in [2.45, 2.75) is 25.9 Å². The average Bonchev–Trinajstić information content (AvgIpc) is 2.84. The Bertz CT molecular complexity index is 940. The first kappa shape index (κ1) is 17.3. The predicted molar refractivity (Wildman–Crippen MR) is 101 cm³/mol. The van der Waals surface area contributed by atoms with Gasteiger partial charge in [-0.2, -0.15) is 0 Å². The summed E-state index contributed by atoms with van der Waals surface area (Å²) < 4.78 is 8.65.